The molecule has 0 saturated heterocycles. The van der Waals surface area contributed by atoms with E-state index in [0.29, 0.717) is 23.8 Å². The Balaban J connectivity index is 1.66. The predicted molar refractivity (Wildman–Crippen MR) is 91.4 cm³/mol. The van der Waals surface area contributed by atoms with Crippen LogP contribution in [-0.4, -0.2) is 28.8 Å². The number of alkyl halides is 1. The van der Waals surface area contributed by atoms with Gasteiger partial charge in [-0.2, -0.15) is 0 Å². The molecule has 1 atom stereocenters. The van der Waals surface area contributed by atoms with Crippen LogP contribution in [0.4, 0.5) is 4.39 Å². The van der Waals surface area contributed by atoms with Crippen molar-refractivity contribution in [3.8, 4) is 5.75 Å². The highest BCUT2D eigenvalue weighted by Gasteiger charge is 2.12. The fourth-order valence-corrected chi connectivity index (χ4v) is 2.58. The van der Waals surface area contributed by atoms with Crippen molar-refractivity contribution in [1.82, 2.24) is 15.5 Å². The van der Waals surface area contributed by atoms with Crippen LogP contribution < -0.4 is 10.1 Å². The van der Waals surface area contributed by atoms with E-state index in [4.69, 9.17) is 20.9 Å². The van der Waals surface area contributed by atoms with Crippen LogP contribution in [0.15, 0.2) is 35.1 Å². The Hall–Kier alpha value is -2.54. The lowest BCUT2D eigenvalue weighted by Gasteiger charge is -2.07. The number of hydrogen-bond donors (Lipinski definition) is 2. The Morgan fingerprint density at radius 1 is 1.48 bits per heavy atom. The third-order valence-electron chi connectivity index (χ3n) is 3.65. The molecule has 1 unspecified atom stereocenters. The lowest BCUT2D eigenvalue weighted by Crippen LogP contribution is -2.29. The molecular weight excluding hydrogens is 349 g/mol. The summed E-state index contributed by atoms with van der Waals surface area (Å²) in [5.41, 5.74) is 2.37. The van der Waals surface area contributed by atoms with Gasteiger partial charge in [0, 0.05) is 35.2 Å². The van der Waals surface area contributed by atoms with Gasteiger partial charge in [0.15, 0.2) is 6.17 Å². The first-order chi connectivity index (χ1) is 12.0. The Morgan fingerprint density at radius 3 is 3.04 bits per heavy atom. The largest absolute Gasteiger partial charge is 0.492 e. The summed E-state index contributed by atoms with van der Waals surface area (Å²) >= 11 is 6.25. The van der Waals surface area contributed by atoms with Gasteiger partial charge >= 0.3 is 0 Å². The molecule has 1 amide bonds. The molecule has 2 heterocycles. The summed E-state index contributed by atoms with van der Waals surface area (Å²) in [5, 5.41) is 7.69. The van der Waals surface area contributed by atoms with Crippen molar-refractivity contribution in [1.29, 1.82) is 0 Å². The third kappa shape index (κ3) is 4.30. The Morgan fingerprint density at radius 2 is 2.32 bits per heavy atom. The Labute approximate surface area is 148 Å². The molecule has 3 aromatic rings. The van der Waals surface area contributed by atoms with Crippen LogP contribution in [0.2, 0.25) is 5.02 Å². The summed E-state index contributed by atoms with van der Waals surface area (Å²) < 4.78 is 23.3. The van der Waals surface area contributed by atoms with E-state index in [-0.39, 0.29) is 6.54 Å². The Bertz CT molecular complexity index is 862. The van der Waals surface area contributed by atoms with Gasteiger partial charge in [-0.05, 0) is 19.1 Å². The fourth-order valence-electron chi connectivity index (χ4n) is 2.35. The van der Waals surface area contributed by atoms with Crippen molar-refractivity contribution < 1.29 is 18.4 Å². The quantitative estimate of drug-likeness (QED) is 0.672. The zero-order chi connectivity index (χ0) is 17.8. The van der Waals surface area contributed by atoms with Gasteiger partial charge in [0.25, 0.3) is 5.91 Å². The van der Waals surface area contributed by atoms with Gasteiger partial charge in [-0.3, -0.25) is 4.79 Å². The standard InChI is InChI=1S/C17H17ClFN3O3/c1-10(19)17(23)20-9-13-6-11-7-14(18)16(8-15(11)21-13)24-4-2-12-3-5-25-22-12/h3,5-8,10,21H,2,4,9H2,1H3,(H,20,23). The first kappa shape index (κ1) is 17.3. The van der Waals surface area contributed by atoms with Crippen LogP contribution in [0.1, 0.15) is 18.3 Å². The average molecular weight is 366 g/mol. The first-order valence-electron chi connectivity index (χ1n) is 7.78. The second kappa shape index (κ2) is 7.57. The third-order valence-corrected chi connectivity index (χ3v) is 3.95. The van der Waals surface area contributed by atoms with Crippen molar-refractivity contribution in [2.24, 2.45) is 0 Å². The van der Waals surface area contributed by atoms with E-state index in [0.717, 1.165) is 22.3 Å². The van der Waals surface area contributed by atoms with Crippen LogP contribution in [0.5, 0.6) is 5.75 Å². The van der Waals surface area contributed by atoms with Crippen LogP contribution in [0.3, 0.4) is 0 Å². The van der Waals surface area contributed by atoms with Gasteiger partial charge in [-0.25, -0.2) is 4.39 Å². The topological polar surface area (TPSA) is 80.2 Å². The maximum atomic E-state index is 12.9. The van der Waals surface area contributed by atoms with E-state index in [2.05, 4.69) is 15.5 Å². The van der Waals surface area contributed by atoms with Crippen LogP contribution in [0.25, 0.3) is 10.9 Å². The van der Waals surface area contributed by atoms with Crippen molar-refractivity contribution >= 4 is 28.4 Å². The summed E-state index contributed by atoms with van der Waals surface area (Å²) in [5.74, 6) is -0.0963. The van der Waals surface area contributed by atoms with Crippen molar-refractivity contribution in [2.75, 3.05) is 6.61 Å². The van der Waals surface area contributed by atoms with E-state index >= 15 is 0 Å². The molecule has 0 aliphatic carbocycles. The molecule has 0 aliphatic rings. The number of carbonyl (C=O) groups excluding carboxylic acids is 1. The molecule has 25 heavy (non-hydrogen) atoms. The number of ether oxygens (including phenoxy) is 1. The highest BCUT2D eigenvalue weighted by molar-refractivity contribution is 6.32. The molecule has 0 aliphatic heterocycles. The molecule has 0 spiro atoms. The smallest absolute Gasteiger partial charge is 0.254 e. The minimum atomic E-state index is -1.54. The van der Waals surface area contributed by atoms with Gasteiger partial charge in [-0.1, -0.05) is 16.8 Å². The van der Waals surface area contributed by atoms with Gasteiger partial charge in [0.1, 0.15) is 12.0 Å². The van der Waals surface area contributed by atoms with Gasteiger partial charge < -0.3 is 19.6 Å². The van der Waals surface area contributed by atoms with Crippen molar-refractivity contribution in [2.45, 2.75) is 26.1 Å². The molecule has 6 nitrogen and oxygen atoms in total. The van der Waals surface area contributed by atoms with E-state index in [1.807, 2.05) is 6.07 Å². The SMILES string of the molecule is CC(F)C(=O)NCc1cc2cc(Cl)c(OCCc3ccon3)cc2[nH]1. The number of nitrogens with zero attached hydrogens (tertiary/aromatic N) is 1. The number of nitrogens with one attached hydrogen (secondary N) is 2. The zero-order valence-corrected chi connectivity index (χ0v) is 14.3. The summed E-state index contributed by atoms with van der Waals surface area (Å²) in [6, 6.07) is 7.20. The van der Waals surface area contributed by atoms with E-state index < -0.39 is 12.1 Å². The molecule has 0 radical (unpaired) electrons. The molecule has 0 saturated carbocycles. The minimum absolute atomic E-state index is 0.210. The number of aromatic nitrogens is 2. The average Bonchev–Trinajstić information content (AvgIpc) is 3.21. The lowest BCUT2D eigenvalue weighted by molar-refractivity contribution is -0.125. The summed E-state index contributed by atoms with van der Waals surface area (Å²) in [4.78, 5) is 14.5. The van der Waals surface area contributed by atoms with Crippen molar-refractivity contribution in [3.63, 3.8) is 0 Å². The number of halogens is 2. The maximum Gasteiger partial charge on any atom is 0.254 e. The number of amides is 1. The Kier molecular flexibility index (Phi) is 5.23. The van der Waals surface area contributed by atoms with Crippen LogP contribution >= 0.6 is 11.6 Å². The maximum absolute atomic E-state index is 12.9. The highest BCUT2D eigenvalue weighted by atomic mass is 35.5. The second-order valence-corrected chi connectivity index (χ2v) is 5.99. The zero-order valence-electron chi connectivity index (χ0n) is 13.5. The number of rotatable bonds is 7. The second-order valence-electron chi connectivity index (χ2n) is 5.59. The monoisotopic (exact) mass is 365 g/mol. The first-order valence-corrected chi connectivity index (χ1v) is 8.15. The molecule has 0 fully saturated rings. The molecule has 3 rings (SSSR count). The molecule has 132 valence electrons. The molecule has 1 aromatic carbocycles. The minimum Gasteiger partial charge on any atom is -0.492 e. The van der Waals surface area contributed by atoms with E-state index in [1.54, 1.807) is 18.2 Å². The number of fused-ring (bicyclic) bond motifs is 1. The van der Waals surface area contributed by atoms with Crippen LogP contribution in [-0.2, 0) is 17.8 Å². The van der Waals surface area contributed by atoms with Crippen LogP contribution in [0, 0.1) is 0 Å². The summed E-state index contributed by atoms with van der Waals surface area (Å²) in [6.45, 7) is 1.82. The van der Waals surface area contributed by atoms with Gasteiger partial charge in [0.2, 0.25) is 0 Å². The fraction of sp³-hybridized carbons (Fsp3) is 0.294. The number of aromatic amines is 1. The molecule has 0 bridgehead atoms. The van der Waals surface area contributed by atoms with Gasteiger partial charge in [0.05, 0.1) is 23.9 Å². The predicted octanol–water partition coefficient (Wildman–Crippen LogP) is 3.41. The number of carbonyl (C=O) groups is 1. The highest BCUT2D eigenvalue weighted by Crippen LogP contribution is 2.30. The number of hydrogen-bond acceptors (Lipinski definition) is 4. The van der Waals surface area contributed by atoms with E-state index in [9.17, 15) is 9.18 Å². The molecule has 8 heteroatoms. The summed E-state index contributed by atoms with van der Waals surface area (Å²) in [6.07, 6.45) is 0.578. The molecular formula is C17H17ClFN3O3. The molecule has 2 N–H and O–H groups in total. The van der Waals surface area contributed by atoms with Gasteiger partial charge in [-0.15, -0.1) is 0 Å². The normalized spacial score (nSPS) is 12.3. The summed E-state index contributed by atoms with van der Waals surface area (Å²) in [7, 11) is 0. The molecule has 2 aromatic heterocycles. The van der Waals surface area contributed by atoms with Crippen molar-refractivity contribution in [3.05, 3.63) is 46.9 Å². The number of benzene rings is 1. The number of H-pyrrole nitrogens is 1. The van der Waals surface area contributed by atoms with E-state index in [1.165, 1.54) is 13.2 Å². The lowest BCUT2D eigenvalue weighted by atomic mass is 10.2.